The number of thiophene rings is 1. The first-order chi connectivity index (χ1) is 12.2. The third-order valence-corrected chi connectivity index (χ3v) is 5.58. The number of fused-ring (bicyclic) bond motifs is 1. The van der Waals surface area contributed by atoms with E-state index < -0.39 is 0 Å². The Balaban J connectivity index is 2.21. The molecule has 26 heavy (non-hydrogen) atoms. The molecule has 0 bridgehead atoms. The summed E-state index contributed by atoms with van der Waals surface area (Å²) in [6, 6.07) is 0.127. The van der Waals surface area contributed by atoms with Gasteiger partial charge < -0.3 is 15.2 Å². The van der Waals surface area contributed by atoms with Crippen LogP contribution in [0.5, 0.6) is 0 Å². The van der Waals surface area contributed by atoms with Gasteiger partial charge in [0.05, 0.1) is 12.4 Å². The molecule has 2 aromatic rings. The van der Waals surface area contributed by atoms with Crippen molar-refractivity contribution in [3.05, 3.63) is 26.6 Å². The Morgan fingerprint density at radius 2 is 2.04 bits per heavy atom. The minimum Gasteiger partial charge on any atom is -0.349 e. The van der Waals surface area contributed by atoms with Gasteiger partial charge in [0, 0.05) is 10.9 Å². The largest absolute Gasteiger partial charge is 0.349 e. The van der Waals surface area contributed by atoms with Crippen LogP contribution in [0.25, 0.3) is 10.2 Å². The van der Waals surface area contributed by atoms with Crippen LogP contribution in [0.3, 0.4) is 0 Å². The predicted octanol–water partition coefficient (Wildman–Crippen LogP) is 1.42. The summed E-state index contributed by atoms with van der Waals surface area (Å²) in [6.45, 7) is 11.2. The van der Waals surface area contributed by atoms with Crippen LogP contribution in [-0.2, 0) is 17.8 Å². The maximum atomic E-state index is 12.7. The summed E-state index contributed by atoms with van der Waals surface area (Å²) >= 11 is 1.59. The number of quaternary nitrogens is 1. The van der Waals surface area contributed by atoms with Gasteiger partial charge in [0.25, 0.3) is 11.5 Å². The highest BCUT2D eigenvalue weighted by Crippen LogP contribution is 2.29. The van der Waals surface area contributed by atoms with E-state index in [1.54, 1.807) is 11.3 Å². The molecule has 0 aromatic carbocycles. The SMILES string of the molecule is CC[C@@H](C)Cc1c(C)sc2nc(C[NH+](C)CC(=O)NC(C)C)[nH]c(=O)c12. The fourth-order valence-corrected chi connectivity index (χ4v) is 4.11. The van der Waals surface area contributed by atoms with Crippen LogP contribution in [-0.4, -0.2) is 35.5 Å². The molecule has 0 spiro atoms. The summed E-state index contributed by atoms with van der Waals surface area (Å²) in [5.74, 6) is 1.18. The van der Waals surface area contributed by atoms with Gasteiger partial charge in [0.2, 0.25) is 0 Å². The first-order valence-corrected chi connectivity index (χ1v) is 10.1. The van der Waals surface area contributed by atoms with E-state index >= 15 is 0 Å². The summed E-state index contributed by atoms with van der Waals surface area (Å²) in [6.07, 6.45) is 2.00. The van der Waals surface area contributed by atoms with Crippen LogP contribution in [0, 0.1) is 12.8 Å². The molecule has 0 aliphatic carbocycles. The Labute approximate surface area is 159 Å². The lowest BCUT2D eigenvalue weighted by atomic mass is 9.98. The van der Waals surface area contributed by atoms with Crippen LogP contribution < -0.4 is 15.8 Å². The second kappa shape index (κ2) is 8.77. The van der Waals surface area contributed by atoms with Crippen LogP contribution in [0.1, 0.15) is 50.4 Å². The number of likely N-dealkylation sites (N-methyl/N-ethyl adjacent to an activating group) is 1. The highest BCUT2D eigenvalue weighted by molar-refractivity contribution is 7.18. The molecule has 6 nitrogen and oxygen atoms in total. The Kier molecular flexibility index (Phi) is 6.94. The number of aryl methyl sites for hydroxylation is 1. The van der Waals surface area contributed by atoms with Gasteiger partial charge in [-0.3, -0.25) is 9.59 Å². The molecule has 0 saturated heterocycles. The summed E-state index contributed by atoms with van der Waals surface area (Å²) in [5.41, 5.74) is 1.07. The number of carbonyl (C=O) groups is 1. The van der Waals surface area contributed by atoms with Crippen LogP contribution in [0.15, 0.2) is 4.79 Å². The molecule has 2 rings (SSSR count). The number of hydrogen-bond donors (Lipinski definition) is 3. The number of rotatable bonds is 8. The minimum atomic E-state index is -0.0629. The summed E-state index contributed by atoms with van der Waals surface area (Å²) in [4.78, 5) is 35.1. The Bertz CT molecular complexity index is 825. The predicted molar refractivity (Wildman–Crippen MR) is 107 cm³/mol. The molecular weight excluding hydrogens is 348 g/mol. The van der Waals surface area contributed by atoms with Crippen molar-refractivity contribution in [3.63, 3.8) is 0 Å². The first kappa shape index (κ1) is 20.6. The van der Waals surface area contributed by atoms with Gasteiger partial charge in [0.15, 0.2) is 12.4 Å². The quantitative estimate of drug-likeness (QED) is 0.649. The molecule has 2 heterocycles. The molecule has 0 fully saturated rings. The van der Waals surface area contributed by atoms with Gasteiger partial charge in [-0.05, 0) is 38.7 Å². The summed E-state index contributed by atoms with van der Waals surface area (Å²) < 4.78 is 0. The van der Waals surface area contributed by atoms with Crippen LogP contribution in [0.4, 0.5) is 0 Å². The Hall–Kier alpha value is -1.73. The molecule has 1 unspecified atom stereocenters. The summed E-state index contributed by atoms with van der Waals surface area (Å²) in [7, 11) is 1.93. The van der Waals surface area contributed by atoms with E-state index in [0.717, 1.165) is 33.5 Å². The topological polar surface area (TPSA) is 79.3 Å². The Morgan fingerprint density at radius 3 is 2.65 bits per heavy atom. The van der Waals surface area contributed by atoms with Crippen molar-refractivity contribution in [2.45, 2.75) is 60.0 Å². The number of hydrogen-bond acceptors (Lipinski definition) is 4. The number of carbonyl (C=O) groups excluding carboxylic acids is 1. The molecule has 0 aliphatic rings. The molecular formula is C19H31N4O2S+. The zero-order chi connectivity index (χ0) is 19.4. The molecule has 3 N–H and O–H groups in total. The monoisotopic (exact) mass is 379 g/mol. The third kappa shape index (κ3) is 5.14. The normalized spacial score (nSPS) is 14.0. The van der Waals surface area contributed by atoms with Gasteiger partial charge in [0.1, 0.15) is 11.4 Å². The fraction of sp³-hybridized carbons (Fsp3) is 0.632. The van der Waals surface area contributed by atoms with Gasteiger partial charge >= 0.3 is 0 Å². The highest BCUT2D eigenvalue weighted by Gasteiger charge is 2.18. The number of amides is 1. The van der Waals surface area contributed by atoms with Gasteiger partial charge in [-0.1, -0.05) is 20.3 Å². The van der Waals surface area contributed by atoms with Crippen molar-refractivity contribution >= 4 is 27.5 Å². The second-order valence-electron chi connectivity index (χ2n) is 7.58. The third-order valence-electron chi connectivity index (χ3n) is 4.54. The van der Waals surface area contributed by atoms with E-state index in [0.29, 0.717) is 24.8 Å². The van der Waals surface area contributed by atoms with Crippen molar-refractivity contribution in [1.82, 2.24) is 15.3 Å². The maximum Gasteiger partial charge on any atom is 0.275 e. The lowest BCUT2D eigenvalue weighted by Crippen LogP contribution is -3.09. The Morgan fingerprint density at radius 1 is 1.35 bits per heavy atom. The van der Waals surface area contributed by atoms with Gasteiger partial charge in [-0.25, -0.2) is 4.98 Å². The second-order valence-corrected chi connectivity index (χ2v) is 8.78. The molecule has 2 atom stereocenters. The number of nitrogens with zero attached hydrogens (tertiary/aromatic N) is 1. The average molecular weight is 380 g/mol. The van der Waals surface area contributed by atoms with E-state index in [1.807, 2.05) is 20.9 Å². The lowest BCUT2D eigenvalue weighted by molar-refractivity contribution is -0.886. The van der Waals surface area contributed by atoms with E-state index in [1.165, 1.54) is 4.88 Å². The molecule has 144 valence electrons. The number of aromatic nitrogens is 2. The lowest BCUT2D eigenvalue weighted by Gasteiger charge is -2.14. The zero-order valence-electron chi connectivity index (χ0n) is 16.7. The smallest absolute Gasteiger partial charge is 0.275 e. The van der Waals surface area contributed by atoms with Crippen LogP contribution in [0.2, 0.25) is 0 Å². The molecule has 7 heteroatoms. The molecule has 2 aromatic heterocycles. The number of H-pyrrole nitrogens is 1. The maximum absolute atomic E-state index is 12.7. The minimum absolute atomic E-state index is 0.00346. The van der Waals surface area contributed by atoms with Crippen molar-refractivity contribution in [1.29, 1.82) is 0 Å². The van der Waals surface area contributed by atoms with Crippen LogP contribution >= 0.6 is 11.3 Å². The highest BCUT2D eigenvalue weighted by atomic mass is 32.1. The van der Waals surface area contributed by atoms with Crippen molar-refractivity contribution < 1.29 is 9.69 Å². The molecule has 0 aliphatic heterocycles. The number of aromatic amines is 1. The van der Waals surface area contributed by atoms with E-state index in [2.05, 4.69) is 36.1 Å². The van der Waals surface area contributed by atoms with E-state index in [4.69, 9.17) is 0 Å². The van der Waals surface area contributed by atoms with Crippen molar-refractivity contribution in [2.24, 2.45) is 5.92 Å². The number of nitrogens with one attached hydrogen (secondary N) is 3. The van der Waals surface area contributed by atoms with E-state index in [9.17, 15) is 9.59 Å². The standard InChI is InChI=1S/C19H30N4O2S/c1-7-12(4)8-14-13(5)26-19-17(14)18(25)21-15(22-19)9-23(6)10-16(24)20-11(2)3/h11-12H,7-10H2,1-6H3,(H,20,24)(H,21,22,25)/p+1/t12-/m1/s1. The zero-order valence-corrected chi connectivity index (χ0v) is 17.5. The van der Waals surface area contributed by atoms with E-state index in [-0.39, 0.29) is 17.5 Å². The van der Waals surface area contributed by atoms with Gasteiger partial charge in [-0.15, -0.1) is 11.3 Å². The molecule has 1 amide bonds. The molecule has 0 saturated carbocycles. The first-order valence-electron chi connectivity index (χ1n) is 9.33. The average Bonchev–Trinajstić information content (AvgIpc) is 2.81. The molecule has 0 radical (unpaired) electrons. The van der Waals surface area contributed by atoms with Gasteiger partial charge in [-0.2, -0.15) is 0 Å². The van der Waals surface area contributed by atoms with Crippen molar-refractivity contribution in [3.8, 4) is 0 Å². The fourth-order valence-electron chi connectivity index (χ4n) is 3.04. The summed E-state index contributed by atoms with van der Waals surface area (Å²) in [5, 5.41) is 3.63. The van der Waals surface area contributed by atoms with Crippen molar-refractivity contribution in [2.75, 3.05) is 13.6 Å².